The van der Waals surface area contributed by atoms with Crippen molar-refractivity contribution in [2.45, 2.75) is 79.1 Å². The first-order valence-corrected chi connectivity index (χ1v) is 10.4. The van der Waals surface area contributed by atoms with Gasteiger partial charge in [0.15, 0.2) is 0 Å². The summed E-state index contributed by atoms with van der Waals surface area (Å²) in [6.45, 7) is 20.6. The Morgan fingerprint density at radius 2 is 1.23 bits per heavy atom. The molecule has 0 aliphatic carbocycles. The van der Waals surface area contributed by atoms with E-state index in [-0.39, 0.29) is 0 Å². The minimum atomic E-state index is 1.31. The number of quaternary nitrogens is 2. The van der Waals surface area contributed by atoms with Crippen LogP contribution < -0.4 is 0 Å². The highest BCUT2D eigenvalue weighted by atomic mass is 15.3. The second-order valence-corrected chi connectivity index (χ2v) is 7.67. The van der Waals surface area contributed by atoms with Gasteiger partial charge in [-0.25, -0.2) is 0 Å². The second-order valence-electron chi connectivity index (χ2n) is 7.67. The third-order valence-corrected chi connectivity index (χ3v) is 6.71. The molecule has 1 aliphatic heterocycles. The zero-order valence-electron chi connectivity index (χ0n) is 16.2. The first-order chi connectivity index (χ1) is 10.7. The Morgan fingerprint density at radius 3 is 1.77 bits per heavy atom. The van der Waals surface area contributed by atoms with Gasteiger partial charge in [0.2, 0.25) is 0 Å². The summed E-state index contributed by atoms with van der Waals surface area (Å²) in [5, 5.41) is 0. The van der Waals surface area contributed by atoms with Gasteiger partial charge in [-0.05, 0) is 72.6 Å². The van der Waals surface area contributed by atoms with E-state index in [2.05, 4.69) is 27.7 Å². The maximum Gasteiger partial charge on any atom is 0.0786 e. The molecule has 0 aromatic rings. The lowest BCUT2D eigenvalue weighted by Crippen LogP contribution is -2.51. The Hall–Kier alpha value is -0.0800. The molecule has 2 nitrogen and oxygen atoms in total. The van der Waals surface area contributed by atoms with E-state index < -0.39 is 0 Å². The third kappa shape index (κ3) is 6.20. The minimum absolute atomic E-state index is 1.31. The van der Waals surface area contributed by atoms with Crippen LogP contribution in [0.4, 0.5) is 0 Å². The number of unbranched alkanes of at least 4 members (excludes halogenated alkanes) is 4. The molecule has 0 saturated carbocycles. The molecule has 0 radical (unpaired) electrons. The number of hydrogen-bond donors (Lipinski definition) is 0. The average molecular weight is 313 g/mol. The number of piperidine rings is 1. The zero-order chi connectivity index (χ0) is 16.3. The van der Waals surface area contributed by atoms with Crippen molar-refractivity contribution in [1.82, 2.24) is 0 Å². The molecule has 22 heavy (non-hydrogen) atoms. The minimum Gasteiger partial charge on any atom is -0.324 e. The van der Waals surface area contributed by atoms with Gasteiger partial charge in [-0.3, -0.25) is 0 Å². The number of rotatable bonds is 12. The molecule has 0 aromatic heterocycles. The zero-order valence-corrected chi connectivity index (χ0v) is 16.2. The fourth-order valence-corrected chi connectivity index (χ4v) is 4.45. The summed E-state index contributed by atoms with van der Waals surface area (Å²) in [4.78, 5) is 0. The Kier molecular flexibility index (Phi) is 9.66. The molecule has 2 heteroatoms. The predicted molar refractivity (Wildman–Crippen MR) is 99.1 cm³/mol. The lowest BCUT2D eigenvalue weighted by molar-refractivity contribution is -0.931. The van der Waals surface area contributed by atoms with Crippen molar-refractivity contribution >= 4 is 0 Å². The van der Waals surface area contributed by atoms with Crippen LogP contribution in [0.25, 0.3) is 0 Å². The number of nitrogens with zero attached hydrogens (tertiary/aromatic N) is 2. The second kappa shape index (κ2) is 10.6. The summed E-state index contributed by atoms with van der Waals surface area (Å²) in [6.07, 6.45) is 11.7. The van der Waals surface area contributed by atoms with Crippen LogP contribution in [0.2, 0.25) is 0 Å². The summed E-state index contributed by atoms with van der Waals surface area (Å²) in [5.74, 6) is 0. The highest BCUT2D eigenvalue weighted by Gasteiger charge is 2.27. The van der Waals surface area contributed by atoms with Crippen molar-refractivity contribution in [2.75, 3.05) is 52.4 Å². The van der Waals surface area contributed by atoms with Gasteiger partial charge < -0.3 is 8.97 Å². The highest BCUT2D eigenvalue weighted by molar-refractivity contribution is 4.54. The van der Waals surface area contributed by atoms with Gasteiger partial charge in [0.1, 0.15) is 0 Å². The van der Waals surface area contributed by atoms with E-state index in [0.29, 0.717) is 0 Å². The van der Waals surface area contributed by atoms with Crippen LogP contribution >= 0.6 is 0 Å². The van der Waals surface area contributed by atoms with E-state index in [4.69, 9.17) is 0 Å². The van der Waals surface area contributed by atoms with Gasteiger partial charge in [-0.1, -0.05) is 6.42 Å². The van der Waals surface area contributed by atoms with Crippen molar-refractivity contribution in [3.8, 4) is 0 Å². The Bertz CT molecular complexity index is 257. The maximum atomic E-state index is 2.41. The number of hydrogen-bond acceptors (Lipinski definition) is 0. The quantitative estimate of drug-likeness (QED) is 0.357. The molecule has 0 N–H and O–H groups in total. The topological polar surface area (TPSA) is 0 Å². The number of likely N-dealkylation sites (tertiary alicyclic amines) is 1. The summed E-state index contributed by atoms with van der Waals surface area (Å²) in [6, 6.07) is 0. The fourth-order valence-electron chi connectivity index (χ4n) is 4.45. The molecule has 1 aliphatic rings. The largest absolute Gasteiger partial charge is 0.324 e. The molecule has 132 valence electrons. The van der Waals surface area contributed by atoms with Crippen LogP contribution in [-0.4, -0.2) is 61.3 Å². The molecule has 0 unspecified atom stereocenters. The molecule has 1 heterocycles. The normalized spacial score (nSPS) is 18.5. The lowest BCUT2D eigenvalue weighted by atomic mass is 10.1. The fraction of sp³-hybridized carbons (Fsp3) is 1.00. The molecule has 0 amide bonds. The molecule has 1 saturated heterocycles. The smallest absolute Gasteiger partial charge is 0.0786 e. The summed E-state index contributed by atoms with van der Waals surface area (Å²) < 4.78 is 2.76. The van der Waals surface area contributed by atoms with Crippen molar-refractivity contribution in [2.24, 2.45) is 0 Å². The Balaban J connectivity index is 2.10. The van der Waals surface area contributed by atoms with E-state index in [0.717, 1.165) is 0 Å². The van der Waals surface area contributed by atoms with Gasteiger partial charge in [0.25, 0.3) is 0 Å². The van der Waals surface area contributed by atoms with Crippen LogP contribution in [0.3, 0.4) is 0 Å². The molecular formula is C20H44N2+2. The SMILES string of the molecule is CC[N+](CC)(CC)CCCCCCC[N+]1(CC)CCCCC1. The van der Waals surface area contributed by atoms with Gasteiger partial charge >= 0.3 is 0 Å². The van der Waals surface area contributed by atoms with E-state index in [1.807, 2.05) is 0 Å². The van der Waals surface area contributed by atoms with Gasteiger partial charge in [-0.15, -0.1) is 0 Å². The summed E-state index contributed by atoms with van der Waals surface area (Å²) in [5.41, 5.74) is 0. The molecule has 0 atom stereocenters. The maximum absolute atomic E-state index is 2.41. The van der Waals surface area contributed by atoms with Crippen LogP contribution in [0, 0.1) is 0 Å². The standard InChI is InChI=1S/C20H44N2/c1-5-21(6-2,7-3)17-13-10-9-11-14-18-22(8-4)19-15-12-16-20-22/h5-20H2,1-4H3/q+2. The predicted octanol–water partition coefficient (Wildman–Crippen LogP) is 4.83. The average Bonchev–Trinajstić information content (AvgIpc) is 2.59. The van der Waals surface area contributed by atoms with Crippen LogP contribution in [0.1, 0.15) is 79.1 Å². The van der Waals surface area contributed by atoms with Crippen molar-refractivity contribution < 1.29 is 8.97 Å². The van der Waals surface area contributed by atoms with Gasteiger partial charge in [0.05, 0.1) is 52.4 Å². The van der Waals surface area contributed by atoms with E-state index in [1.165, 1.54) is 113 Å². The Morgan fingerprint density at radius 1 is 0.682 bits per heavy atom. The summed E-state index contributed by atoms with van der Waals surface area (Å²) >= 11 is 0. The lowest BCUT2D eigenvalue weighted by Gasteiger charge is -2.41. The molecular weight excluding hydrogens is 268 g/mol. The van der Waals surface area contributed by atoms with E-state index >= 15 is 0 Å². The van der Waals surface area contributed by atoms with Crippen molar-refractivity contribution in [1.29, 1.82) is 0 Å². The third-order valence-electron chi connectivity index (χ3n) is 6.71. The summed E-state index contributed by atoms with van der Waals surface area (Å²) in [7, 11) is 0. The molecule has 0 aromatic carbocycles. The van der Waals surface area contributed by atoms with Crippen LogP contribution in [0.5, 0.6) is 0 Å². The highest BCUT2D eigenvalue weighted by Crippen LogP contribution is 2.20. The molecule has 0 bridgehead atoms. The molecule has 1 rings (SSSR count). The van der Waals surface area contributed by atoms with Gasteiger partial charge in [-0.2, -0.15) is 0 Å². The molecule has 0 spiro atoms. The van der Waals surface area contributed by atoms with Crippen molar-refractivity contribution in [3.05, 3.63) is 0 Å². The van der Waals surface area contributed by atoms with Crippen LogP contribution in [0.15, 0.2) is 0 Å². The van der Waals surface area contributed by atoms with Crippen LogP contribution in [-0.2, 0) is 0 Å². The first-order valence-electron chi connectivity index (χ1n) is 10.4. The van der Waals surface area contributed by atoms with Crippen molar-refractivity contribution in [3.63, 3.8) is 0 Å². The van der Waals surface area contributed by atoms with Gasteiger partial charge in [0, 0.05) is 0 Å². The van der Waals surface area contributed by atoms with E-state index in [9.17, 15) is 0 Å². The monoisotopic (exact) mass is 312 g/mol. The van der Waals surface area contributed by atoms with E-state index in [1.54, 1.807) is 0 Å². The first kappa shape index (κ1) is 20.0. The Labute approximate surface area is 141 Å². The molecule has 1 fully saturated rings.